The van der Waals surface area contributed by atoms with E-state index in [0.29, 0.717) is 19.7 Å². The van der Waals surface area contributed by atoms with E-state index in [-0.39, 0.29) is 12.1 Å². The molecule has 8 heteroatoms. The number of benzene rings is 1. The summed E-state index contributed by atoms with van der Waals surface area (Å²) in [5.74, 6) is 0. The van der Waals surface area contributed by atoms with E-state index in [1.165, 1.54) is 0 Å². The third kappa shape index (κ3) is 10.0. The van der Waals surface area contributed by atoms with Crippen molar-refractivity contribution in [3.63, 3.8) is 0 Å². The Labute approximate surface area is 186 Å². The summed E-state index contributed by atoms with van der Waals surface area (Å²) in [5, 5.41) is 12.0. The zero-order valence-corrected chi connectivity index (χ0v) is 20.3. The maximum atomic E-state index is 12.3. The third-order valence-electron chi connectivity index (χ3n) is 4.71. The number of amides is 2. The van der Waals surface area contributed by atoms with Gasteiger partial charge >= 0.3 is 12.2 Å². The van der Waals surface area contributed by atoms with Gasteiger partial charge in [-0.05, 0) is 66.6 Å². The van der Waals surface area contributed by atoms with Crippen LogP contribution in [0.5, 0.6) is 0 Å². The number of carbonyl (C=O) groups excluding carboxylic acids is 2. The molecule has 2 amide bonds. The molecule has 1 aromatic rings. The number of alkyl carbamates (subject to hydrolysis) is 2. The van der Waals surface area contributed by atoms with Gasteiger partial charge < -0.3 is 30.7 Å². The fourth-order valence-electron chi connectivity index (χ4n) is 2.84. The number of likely N-dealkylation sites (N-methyl/N-ethyl adjacent to an activating group) is 1. The van der Waals surface area contributed by atoms with Gasteiger partial charge in [0.05, 0.1) is 11.1 Å². The molecule has 1 rings (SSSR count). The van der Waals surface area contributed by atoms with Crippen LogP contribution in [-0.4, -0.2) is 51.1 Å². The van der Waals surface area contributed by atoms with Gasteiger partial charge in [0, 0.05) is 18.6 Å². The van der Waals surface area contributed by atoms with E-state index in [2.05, 4.69) is 42.0 Å². The Balaban J connectivity index is 2.74. The second-order valence-corrected chi connectivity index (χ2v) is 9.63. The molecule has 0 unspecified atom stereocenters. The maximum Gasteiger partial charge on any atom is 0.407 e. The number of ether oxygens (including phenoxy) is 2. The molecule has 176 valence electrons. The van der Waals surface area contributed by atoms with Crippen molar-refractivity contribution < 1.29 is 19.1 Å². The van der Waals surface area contributed by atoms with Crippen LogP contribution < -0.4 is 21.3 Å². The molecule has 0 radical (unpaired) electrons. The van der Waals surface area contributed by atoms with Crippen LogP contribution in [0, 0.1) is 0 Å². The second kappa shape index (κ2) is 11.3. The maximum absolute atomic E-state index is 12.3. The van der Waals surface area contributed by atoms with Gasteiger partial charge in [-0.15, -0.1) is 0 Å². The Morgan fingerprint density at radius 1 is 0.806 bits per heavy atom. The van der Waals surface area contributed by atoms with E-state index in [0.717, 1.165) is 11.1 Å². The van der Waals surface area contributed by atoms with Crippen molar-refractivity contribution in [3.8, 4) is 0 Å². The molecular weight excluding hydrogens is 396 g/mol. The SMILES string of the molecule is CNCCOC(=O)NC(C)(C)c1cccc(C(C)(C)NC(=O)OCCNC(C)(C)C)c1. The van der Waals surface area contributed by atoms with Crippen LogP contribution in [0.15, 0.2) is 24.3 Å². The van der Waals surface area contributed by atoms with Crippen LogP contribution in [-0.2, 0) is 20.6 Å². The largest absolute Gasteiger partial charge is 0.448 e. The normalized spacial score (nSPS) is 12.3. The molecule has 0 spiro atoms. The minimum Gasteiger partial charge on any atom is -0.448 e. The highest BCUT2D eigenvalue weighted by atomic mass is 16.6. The number of hydrogen-bond donors (Lipinski definition) is 4. The number of carbonyl (C=O) groups is 2. The van der Waals surface area contributed by atoms with Crippen LogP contribution in [0.3, 0.4) is 0 Å². The fourth-order valence-corrected chi connectivity index (χ4v) is 2.84. The van der Waals surface area contributed by atoms with Gasteiger partial charge in [-0.2, -0.15) is 0 Å². The van der Waals surface area contributed by atoms with Crippen LogP contribution in [0.1, 0.15) is 59.6 Å². The van der Waals surface area contributed by atoms with Crippen molar-refractivity contribution in [1.82, 2.24) is 21.3 Å². The molecule has 0 heterocycles. The van der Waals surface area contributed by atoms with Crippen LogP contribution in [0.25, 0.3) is 0 Å². The van der Waals surface area contributed by atoms with Crippen LogP contribution in [0.4, 0.5) is 9.59 Å². The Morgan fingerprint density at radius 2 is 1.26 bits per heavy atom. The first-order chi connectivity index (χ1) is 14.3. The van der Waals surface area contributed by atoms with Crippen molar-refractivity contribution in [2.75, 3.05) is 33.4 Å². The zero-order chi connectivity index (χ0) is 23.7. The summed E-state index contributed by atoms with van der Waals surface area (Å²) in [5.41, 5.74) is 0.455. The summed E-state index contributed by atoms with van der Waals surface area (Å²) in [6.45, 7) is 15.5. The molecule has 31 heavy (non-hydrogen) atoms. The molecule has 0 aliphatic carbocycles. The summed E-state index contributed by atoms with van der Waals surface area (Å²) < 4.78 is 10.5. The first-order valence-corrected chi connectivity index (χ1v) is 10.7. The lowest BCUT2D eigenvalue weighted by molar-refractivity contribution is 0.134. The molecule has 0 saturated carbocycles. The molecule has 4 N–H and O–H groups in total. The molecule has 1 aromatic carbocycles. The van der Waals surface area contributed by atoms with Crippen molar-refractivity contribution in [2.45, 2.75) is 65.1 Å². The lowest BCUT2D eigenvalue weighted by atomic mass is 9.87. The van der Waals surface area contributed by atoms with Crippen molar-refractivity contribution >= 4 is 12.2 Å². The van der Waals surface area contributed by atoms with E-state index in [1.54, 1.807) is 7.05 Å². The topological polar surface area (TPSA) is 101 Å². The summed E-state index contributed by atoms with van der Waals surface area (Å²) in [7, 11) is 1.80. The van der Waals surface area contributed by atoms with Gasteiger partial charge in [0.25, 0.3) is 0 Å². The quantitative estimate of drug-likeness (QED) is 0.420. The smallest absolute Gasteiger partial charge is 0.407 e. The third-order valence-corrected chi connectivity index (χ3v) is 4.71. The zero-order valence-electron chi connectivity index (χ0n) is 20.3. The molecule has 0 aromatic heterocycles. The Kier molecular flexibility index (Phi) is 9.77. The van der Waals surface area contributed by atoms with Crippen molar-refractivity contribution in [1.29, 1.82) is 0 Å². The van der Waals surface area contributed by atoms with Crippen molar-refractivity contribution in [3.05, 3.63) is 35.4 Å². The molecule has 8 nitrogen and oxygen atoms in total. The average Bonchev–Trinajstić information content (AvgIpc) is 2.64. The second-order valence-electron chi connectivity index (χ2n) is 9.63. The molecule has 0 atom stereocenters. The lowest BCUT2D eigenvalue weighted by Gasteiger charge is -2.30. The predicted octanol–water partition coefficient (Wildman–Crippen LogP) is 3.22. The van der Waals surface area contributed by atoms with Crippen LogP contribution in [0.2, 0.25) is 0 Å². The first kappa shape index (κ1) is 26.7. The molecule has 0 aliphatic heterocycles. The molecular formula is C23H40N4O4. The van der Waals surface area contributed by atoms with Gasteiger partial charge in [-0.1, -0.05) is 24.3 Å². The molecule has 0 fully saturated rings. The number of nitrogens with one attached hydrogen (secondary N) is 4. The number of hydrogen-bond acceptors (Lipinski definition) is 6. The predicted molar refractivity (Wildman–Crippen MR) is 123 cm³/mol. The first-order valence-electron chi connectivity index (χ1n) is 10.7. The van der Waals surface area contributed by atoms with E-state index in [1.807, 2.05) is 52.0 Å². The minimum absolute atomic E-state index is 0.0281. The highest BCUT2D eigenvalue weighted by molar-refractivity contribution is 5.69. The summed E-state index contributed by atoms with van der Waals surface area (Å²) in [6, 6.07) is 7.74. The van der Waals surface area contributed by atoms with Gasteiger partial charge in [-0.3, -0.25) is 0 Å². The summed E-state index contributed by atoms with van der Waals surface area (Å²) in [4.78, 5) is 24.4. The van der Waals surface area contributed by atoms with Gasteiger partial charge in [0.15, 0.2) is 0 Å². The fraction of sp³-hybridized carbons (Fsp3) is 0.652. The van der Waals surface area contributed by atoms with E-state index in [9.17, 15) is 9.59 Å². The van der Waals surface area contributed by atoms with Gasteiger partial charge in [0.2, 0.25) is 0 Å². The van der Waals surface area contributed by atoms with E-state index < -0.39 is 23.3 Å². The highest BCUT2D eigenvalue weighted by Gasteiger charge is 2.28. The average molecular weight is 437 g/mol. The van der Waals surface area contributed by atoms with Gasteiger partial charge in [-0.25, -0.2) is 9.59 Å². The highest BCUT2D eigenvalue weighted by Crippen LogP contribution is 2.26. The van der Waals surface area contributed by atoms with Crippen LogP contribution >= 0.6 is 0 Å². The number of rotatable bonds is 10. The van der Waals surface area contributed by atoms with E-state index >= 15 is 0 Å². The molecule has 0 aliphatic rings. The van der Waals surface area contributed by atoms with Crippen molar-refractivity contribution in [2.24, 2.45) is 0 Å². The van der Waals surface area contributed by atoms with E-state index in [4.69, 9.17) is 9.47 Å². The Hall–Kier alpha value is -2.32. The molecule has 0 saturated heterocycles. The minimum atomic E-state index is -0.659. The lowest BCUT2D eigenvalue weighted by Crippen LogP contribution is -2.44. The summed E-state index contributed by atoms with van der Waals surface area (Å²) in [6.07, 6.45) is -0.952. The Morgan fingerprint density at radius 3 is 1.68 bits per heavy atom. The Bertz CT molecular complexity index is 727. The van der Waals surface area contributed by atoms with Gasteiger partial charge in [0.1, 0.15) is 13.2 Å². The monoisotopic (exact) mass is 436 g/mol. The summed E-state index contributed by atoms with van der Waals surface area (Å²) >= 11 is 0. The molecule has 0 bridgehead atoms. The standard InChI is InChI=1S/C23H40N4O4/c1-21(2,3)25-13-15-31-20(29)27-23(6,7)18-11-9-10-17(16-18)22(4,5)26-19(28)30-14-12-24-8/h9-11,16,24-25H,12-15H2,1-8H3,(H,26,28)(H,27,29).